The number of nitro benzene ring substituents is 2. The van der Waals surface area contributed by atoms with Crippen molar-refractivity contribution in [3.05, 3.63) is 98.1 Å². The molecule has 0 fully saturated rings. The van der Waals surface area contributed by atoms with Crippen molar-refractivity contribution in [1.29, 1.82) is 0 Å². The van der Waals surface area contributed by atoms with Gasteiger partial charge in [0.05, 0.1) is 28.7 Å². The van der Waals surface area contributed by atoms with E-state index < -0.39 is 21.2 Å². The molecule has 11 heteroatoms. The molecule has 0 radical (unpaired) electrons. The molecular weight excluding hydrogens is 432 g/mol. The fraction of sp³-hybridized carbons (Fsp3) is 0.0909. The lowest BCUT2D eigenvalue weighted by molar-refractivity contribution is -0.394. The van der Waals surface area contributed by atoms with Crippen LogP contribution in [0.4, 0.5) is 11.4 Å². The SMILES string of the molecule is CCOc1cc(/C=N/NC(=O)c2ccccc2)ccc1Oc1ccc([N+](=O)[O-])cc1[N+](=O)[O-]. The van der Waals surface area contributed by atoms with Crippen LogP contribution >= 0.6 is 0 Å². The van der Waals surface area contributed by atoms with Crippen LogP contribution in [0.2, 0.25) is 0 Å². The zero-order valence-electron chi connectivity index (χ0n) is 17.3. The summed E-state index contributed by atoms with van der Waals surface area (Å²) in [6.45, 7) is 2.03. The number of hydrogen-bond donors (Lipinski definition) is 1. The number of rotatable bonds is 9. The molecule has 0 bridgehead atoms. The van der Waals surface area contributed by atoms with Crippen LogP contribution in [0.25, 0.3) is 0 Å². The van der Waals surface area contributed by atoms with Crippen molar-refractivity contribution in [3.8, 4) is 17.2 Å². The Kier molecular flexibility index (Phi) is 7.27. The van der Waals surface area contributed by atoms with Gasteiger partial charge in [-0.3, -0.25) is 25.0 Å². The highest BCUT2D eigenvalue weighted by Crippen LogP contribution is 2.38. The maximum absolute atomic E-state index is 12.0. The number of benzene rings is 3. The molecule has 11 nitrogen and oxygen atoms in total. The van der Waals surface area contributed by atoms with Gasteiger partial charge in [0, 0.05) is 11.6 Å². The third-order valence-electron chi connectivity index (χ3n) is 4.25. The van der Waals surface area contributed by atoms with Gasteiger partial charge in [-0.2, -0.15) is 5.10 Å². The topological polar surface area (TPSA) is 146 Å². The van der Waals surface area contributed by atoms with Crippen molar-refractivity contribution in [3.63, 3.8) is 0 Å². The summed E-state index contributed by atoms with van der Waals surface area (Å²) in [6, 6.07) is 16.4. The molecule has 0 spiro atoms. The molecule has 0 atom stereocenters. The zero-order chi connectivity index (χ0) is 23.8. The molecule has 0 heterocycles. The number of amides is 1. The normalized spacial score (nSPS) is 10.6. The van der Waals surface area contributed by atoms with Gasteiger partial charge in [-0.25, -0.2) is 5.43 Å². The largest absolute Gasteiger partial charge is 0.490 e. The highest BCUT2D eigenvalue weighted by Gasteiger charge is 2.22. The summed E-state index contributed by atoms with van der Waals surface area (Å²) in [5.41, 5.74) is 2.46. The van der Waals surface area contributed by atoms with Gasteiger partial charge in [0.25, 0.3) is 11.6 Å². The standard InChI is InChI=1S/C22H18N4O7/c1-2-32-21-12-15(14-23-24-22(27)16-6-4-3-5-7-16)8-10-20(21)33-19-11-9-17(25(28)29)13-18(19)26(30)31/h3-14H,2H2,1H3,(H,24,27)/b23-14+. The van der Waals surface area contributed by atoms with E-state index in [1.165, 1.54) is 12.3 Å². The molecule has 3 rings (SSSR count). The molecular formula is C22H18N4O7. The fourth-order valence-corrected chi connectivity index (χ4v) is 2.74. The van der Waals surface area contributed by atoms with E-state index >= 15 is 0 Å². The van der Waals surface area contributed by atoms with Crippen molar-refractivity contribution < 1.29 is 24.1 Å². The first kappa shape index (κ1) is 22.9. The molecule has 0 aliphatic rings. The van der Waals surface area contributed by atoms with Crippen molar-refractivity contribution >= 4 is 23.5 Å². The number of ether oxygens (including phenoxy) is 2. The molecule has 0 unspecified atom stereocenters. The minimum atomic E-state index is -0.765. The summed E-state index contributed by atoms with van der Waals surface area (Å²) in [4.78, 5) is 32.8. The highest BCUT2D eigenvalue weighted by molar-refractivity contribution is 5.94. The minimum Gasteiger partial charge on any atom is -0.490 e. The van der Waals surface area contributed by atoms with Gasteiger partial charge >= 0.3 is 5.69 Å². The Morgan fingerprint density at radius 1 is 0.970 bits per heavy atom. The molecule has 0 aliphatic carbocycles. The summed E-state index contributed by atoms with van der Waals surface area (Å²) < 4.78 is 11.2. The Labute approximate surface area is 187 Å². The van der Waals surface area contributed by atoms with E-state index in [1.54, 1.807) is 49.4 Å². The Balaban J connectivity index is 1.81. The molecule has 3 aromatic carbocycles. The van der Waals surface area contributed by atoms with Crippen LogP contribution in [0.15, 0.2) is 71.8 Å². The molecule has 0 aromatic heterocycles. The Morgan fingerprint density at radius 2 is 1.70 bits per heavy atom. The maximum Gasteiger partial charge on any atom is 0.318 e. The number of carbonyl (C=O) groups is 1. The molecule has 1 amide bonds. The van der Waals surface area contributed by atoms with E-state index in [2.05, 4.69) is 10.5 Å². The molecule has 168 valence electrons. The Hall–Kier alpha value is -4.80. The van der Waals surface area contributed by atoms with E-state index in [1.807, 2.05) is 0 Å². The van der Waals surface area contributed by atoms with Crippen LogP contribution in [-0.4, -0.2) is 28.6 Å². The lowest BCUT2D eigenvalue weighted by Gasteiger charge is -2.12. The Bertz CT molecular complexity index is 1210. The third kappa shape index (κ3) is 5.88. The second-order valence-corrected chi connectivity index (χ2v) is 6.47. The number of hydrazone groups is 1. The lowest BCUT2D eigenvalue weighted by Crippen LogP contribution is -2.17. The summed E-state index contributed by atoms with van der Waals surface area (Å²) in [5.74, 6) is -0.117. The van der Waals surface area contributed by atoms with Gasteiger partial charge in [-0.05, 0) is 48.9 Å². The molecule has 1 N–H and O–H groups in total. The van der Waals surface area contributed by atoms with E-state index in [4.69, 9.17) is 9.47 Å². The van der Waals surface area contributed by atoms with Crippen LogP contribution < -0.4 is 14.9 Å². The molecule has 33 heavy (non-hydrogen) atoms. The van der Waals surface area contributed by atoms with Gasteiger partial charge in [0.1, 0.15) is 0 Å². The summed E-state index contributed by atoms with van der Waals surface area (Å²) >= 11 is 0. The second-order valence-electron chi connectivity index (χ2n) is 6.47. The first-order valence-electron chi connectivity index (χ1n) is 9.65. The predicted molar refractivity (Wildman–Crippen MR) is 119 cm³/mol. The predicted octanol–water partition coefficient (Wildman–Crippen LogP) is 4.46. The summed E-state index contributed by atoms with van der Waals surface area (Å²) in [5, 5.41) is 26.2. The van der Waals surface area contributed by atoms with E-state index in [9.17, 15) is 25.0 Å². The summed E-state index contributed by atoms with van der Waals surface area (Å²) in [6.07, 6.45) is 1.40. The third-order valence-corrected chi connectivity index (χ3v) is 4.25. The minimum absolute atomic E-state index is 0.166. The average Bonchev–Trinajstić information content (AvgIpc) is 2.81. The van der Waals surface area contributed by atoms with Crippen LogP contribution in [-0.2, 0) is 0 Å². The number of nitrogens with one attached hydrogen (secondary N) is 1. The maximum atomic E-state index is 12.0. The Morgan fingerprint density at radius 3 is 2.36 bits per heavy atom. The van der Waals surface area contributed by atoms with E-state index in [-0.39, 0.29) is 29.8 Å². The number of hydrogen-bond acceptors (Lipinski definition) is 8. The van der Waals surface area contributed by atoms with Crippen molar-refractivity contribution in [2.24, 2.45) is 5.10 Å². The highest BCUT2D eigenvalue weighted by atomic mass is 16.6. The van der Waals surface area contributed by atoms with Gasteiger partial charge < -0.3 is 9.47 Å². The van der Waals surface area contributed by atoms with E-state index in [0.29, 0.717) is 11.1 Å². The molecule has 0 saturated heterocycles. The van der Waals surface area contributed by atoms with Crippen LogP contribution in [0, 0.1) is 20.2 Å². The lowest BCUT2D eigenvalue weighted by atomic mass is 10.2. The first-order valence-corrected chi connectivity index (χ1v) is 9.65. The van der Waals surface area contributed by atoms with Gasteiger partial charge in [-0.1, -0.05) is 18.2 Å². The van der Waals surface area contributed by atoms with Crippen molar-refractivity contribution in [1.82, 2.24) is 5.43 Å². The smallest absolute Gasteiger partial charge is 0.318 e. The van der Waals surface area contributed by atoms with Crippen molar-refractivity contribution in [2.75, 3.05) is 6.61 Å². The van der Waals surface area contributed by atoms with Crippen LogP contribution in [0.5, 0.6) is 17.2 Å². The van der Waals surface area contributed by atoms with E-state index in [0.717, 1.165) is 18.2 Å². The van der Waals surface area contributed by atoms with Crippen molar-refractivity contribution in [2.45, 2.75) is 6.92 Å². The van der Waals surface area contributed by atoms with Gasteiger partial charge in [0.15, 0.2) is 11.5 Å². The fourth-order valence-electron chi connectivity index (χ4n) is 2.74. The zero-order valence-corrected chi connectivity index (χ0v) is 17.3. The number of non-ortho nitro benzene ring substituents is 1. The average molecular weight is 450 g/mol. The quantitative estimate of drug-likeness (QED) is 0.288. The number of nitro groups is 2. The van der Waals surface area contributed by atoms with Gasteiger partial charge in [-0.15, -0.1) is 0 Å². The molecule has 3 aromatic rings. The molecule has 0 aliphatic heterocycles. The van der Waals surface area contributed by atoms with Crippen LogP contribution in [0.3, 0.4) is 0 Å². The van der Waals surface area contributed by atoms with Gasteiger partial charge in [0.2, 0.25) is 5.75 Å². The number of carbonyl (C=O) groups excluding carboxylic acids is 1. The monoisotopic (exact) mass is 450 g/mol. The summed E-state index contributed by atoms with van der Waals surface area (Å²) in [7, 11) is 0. The van der Waals surface area contributed by atoms with Crippen LogP contribution in [0.1, 0.15) is 22.8 Å². The first-order chi connectivity index (χ1) is 15.9. The second kappa shape index (κ2) is 10.5. The molecule has 0 saturated carbocycles. The number of nitrogens with zero attached hydrogens (tertiary/aromatic N) is 3.